The average molecular weight is 435 g/mol. The van der Waals surface area contributed by atoms with Gasteiger partial charge in [0.15, 0.2) is 5.65 Å². The van der Waals surface area contributed by atoms with E-state index >= 15 is 0 Å². The maximum absolute atomic E-state index is 14.2. The summed E-state index contributed by atoms with van der Waals surface area (Å²) in [7, 11) is 0. The van der Waals surface area contributed by atoms with E-state index in [1.165, 1.54) is 18.3 Å². The molecule has 1 aliphatic carbocycles. The second kappa shape index (κ2) is 7.93. The molecule has 164 valence electrons. The molecule has 0 amide bonds. The summed E-state index contributed by atoms with van der Waals surface area (Å²) in [6.07, 6.45) is 5.60. The SMILES string of the molecule is CC1(F)CCC(n2ncc3c(=O)[nH]c(Cc4cc(F)ccc4-c4ccccn4)nc32)CC1. The Morgan fingerprint density at radius 2 is 2.03 bits per heavy atom. The molecule has 0 aliphatic heterocycles. The Kier molecular flexibility index (Phi) is 5.07. The molecule has 1 aromatic carbocycles. The van der Waals surface area contributed by atoms with Crippen molar-refractivity contribution in [2.75, 3.05) is 0 Å². The Morgan fingerprint density at radius 3 is 2.78 bits per heavy atom. The number of pyridine rings is 1. The van der Waals surface area contributed by atoms with Gasteiger partial charge in [-0.1, -0.05) is 6.07 Å². The van der Waals surface area contributed by atoms with Gasteiger partial charge in [-0.2, -0.15) is 5.10 Å². The monoisotopic (exact) mass is 435 g/mol. The third-order valence-electron chi connectivity index (χ3n) is 6.22. The molecule has 5 rings (SSSR count). The molecule has 3 aromatic heterocycles. The molecule has 32 heavy (non-hydrogen) atoms. The number of halogens is 2. The van der Waals surface area contributed by atoms with Crippen LogP contribution in [0.5, 0.6) is 0 Å². The third-order valence-corrected chi connectivity index (χ3v) is 6.22. The number of nitrogens with zero attached hydrogens (tertiary/aromatic N) is 4. The highest BCUT2D eigenvalue weighted by Gasteiger charge is 2.32. The molecule has 0 saturated heterocycles. The predicted octanol–water partition coefficient (Wildman–Crippen LogP) is 4.75. The lowest BCUT2D eigenvalue weighted by atomic mass is 9.85. The van der Waals surface area contributed by atoms with E-state index in [1.807, 2.05) is 18.2 Å². The van der Waals surface area contributed by atoms with Crippen LogP contribution in [-0.4, -0.2) is 30.4 Å². The van der Waals surface area contributed by atoms with Crippen molar-refractivity contribution in [3.8, 4) is 11.3 Å². The molecule has 1 fully saturated rings. The van der Waals surface area contributed by atoms with E-state index in [0.29, 0.717) is 53.8 Å². The van der Waals surface area contributed by atoms with Crippen LogP contribution in [0.15, 0.2) is 53.6 Å². The minimum absolute atomic E-state index is 0.00303. The fourth-order valence-corrected chi connectivity index (χ4v) is 4.44. The number of aromatic amines is 1. The zero-order valence-corrected chi connectivity index (χ0v) is 17.7. The number of hydrogen-bond acceptors (Lipinski definition) is 4. The summed E-state index contributed by atoms with van der Waals surface area (Å²) in [6.45, 7) is 1.63. The van der Waals surface area contributed by atoms with Gasteiger partial charge in [0.05, 0.1) is 17.9 Å². The van der Waals surface area contributed by atoms with Crippen LogP contribution in [0.1, 0.15) is 50.0 Å². The lowest BCUT2D eigenvalue weighted by molar-refractivity contribution is 0.103. The van der Waals surface area contributed by atoms with Crippen molar-refractivity contribution in [1.82, 2.24) is 24.7 Å². The highest BCUT2D eigenvalue weighted by molar-refractivity contribution is 5.73. The standard InChI is InChI=1S/C24H23F2N5O/c1-24(26)9-7-17(8-10-24)31-22-19(14-28-31)23(32)30-21(29-22)13-15-12-16(25)5-6-18(15)20-4-2-3-11-27-20/h2-6,11-12,14,17H,7-10,13H2,1H3,(H,29,30,32). The maximum atomic E-state index is 14.2. The van der Waals surface area contributed by atoms with Crippen LogP contribution in [0, 0.1) is 5.82 Å². The molecule has 3 heterocycles. The van der Waals surface area contributed by atoms with Gasteiger partial charge in [0, 0.05) is 18.2 Å². The van der Waals surface area contributed by atoms with Crippen molar-refractivity contribution in [1.29, 1.82) is 0 Å². The van der Waals surface area contributed by atoms with E-state index < -0.39 is 5.67 Å². The van der Waals surface area contributed by atoms with Gasteiger partial charge in [-0.15, -0.1) is 0 Å². The molecule has 0 spiro atoms. The molecule has 1 saturated carbocycles. The van der Waals surface area contributed by atoms with Crippen LogP contribution in [0.25, 0.3) is 22.3 Å². The van der Waals surface area contributed by atoms with Gasteiger partial charge in [-0.05, 0) is 68.5 Å². The number of aromatic nitrogens is 5. The topological polar surface area (TPSA) is 76.5 Å². The van der Waals surface area contributed by atoms with Crippen LogP contribution in [0.3, 0.4) is 0 Å². The summed E-state index contributed by atoms with van der Waals surface area (Å²) >= 11 is 0. The summed E-state index contributed by atoms with van der Waals surface area (Å²) in [5.74, 6) is 0.0443. The first kappa shape index (κ1) is 20.5. The van der Waals surface area contributed by atoms with Gasteiger partial charge >= 0.3 is 0 Å². The van der Waals surface area contributed by atoms with E-state index in [-0.39, 0.29) is 23.8 Å². The lowest BCUT2D eigenvalue weighted by Gasteiger charge is -2.31. The number of alkyl halides is 1. The molecule has 8 heteroatoms. The number of benzene rings is 1. The Bertz CT molecular complexity index is 1320. The summed E-state index contributed by atoms with van der Waals surface area (Å²) in [5, 5.41) is 4.79. The number of fused-ring (bicyclic) bond motifs is 1. The zero-order valence-electron chi connectivity index (χ0n) is 17.7. The summed E-state index contributed by atoms with van der Waals surface area (Å²) in [5.41, 5.74) is 1.19. The van der Waals surface area contributed by atoms with Crippen molar-refractivity contribution in [2.24, 2.45) is 0 Å². The first-order valence-electron chi connectivity index (χ1n) is 10.7. The smallest absolute Gasteiger partial charge is 0.262 e. The van der Waals surface area contributed by atoms with Crippen molar-refractivity contribution in [3.63, 3.8) is 0 Å². The Morgan fingerprint density at radius 1 is 1.22 bits per heavy atom. The fourth-order valence-electron chi connectivity index (χ4n) is 4.44. The molecular weight excluding hydrogens is 412 g/mol. The van der Waals surface area contributed by atoms with Gasteiger partial charge in [0.25, 0.3) is 5.56 Å². The third kappa shape index (κ3) is 3.92. The van der Waals surface area contributed by atoms with Crippen molar-refractivity contribution >= 4 is 11.0 Å². The normalized spacial score (nSPS) is 21.2. The predicted molar refractivity (Wildman–Crippen MR) is 118 cm³/mol. The van der Waals surface area contributed by atoms with Crippen molar-refractivity contribution in [2.45, 2.75) is 50.7 Å². The van der Waals surface area contributed by atoms with Gasteiger partial charge in [-0.25, -0.2) is 18.4 Å². The van der Waals surface area contributed by atoms with Crippen molar-refractivity contribution in [3.05, 3.63) is 76.4 Å². The molecular formula is C24H23F2N5O. The fraction of sp³-hybridized carbons (Fsp3) is 0.333. The second-order valence-corrected chi connectivity index (χ2v) is 8.68. The number of hydrogen-bond donors (Lipinski definition) is 1. The van der Waals surface area contributed by atoms with Crippen molar-refractivity contribution < 1.29 is 8.78 Å². The first-order chi connectivity index (χ1) is 15.4. The van der Waals surface area contributed by atoms with Gasteiger partial charge < -0.3 is 4.98 Å². The van der Waals surface area contributed by atoms with Crippen LogP contribution in [0.4, 0.5) is 8.78 Å². The second-order valence-electron chi connectivity index (χ2n) is 8.68. The summed E-state index contributed by atoms with van der Waals surface area (Å²) in [4.78, 5) is 24.6. The molecule has 6 nitrogen and oxygen atoms in total. The number of rotatable bonds is 4. The average Bonchev–Trinajstić information content (AvgIpc) is 3.19. The maximum Gasteiger partial charge on any atom is 0.262 e. The molecule has 0 unspecified atom stereocenters. The summed E-state index contributed by atoms with van der Waals surface area (Å²) in [6, 6.07) is 10.1. The highest BCUT2D eigenvalue weighted by Crippen LogP contribution is 2.37. The molecule has 4 aromatic rings. The molecule has 0 bridgehead atoms. The van der Waals surface area contributed by atoms with E-state index in [9.17, 15) is 13.6 Å². The van der Waals surface area contributed by atoms with E-state index in [0.717, 1.165) is 5.56 Å². The number of nitrogens with one attached hydrogen (secondary N) is 1. The van der Waals surface area contributed by atoms with Gasteiger partial charge in [0.2, 0.25) is 0 Å². The quantitative estimate of drug-likeness (QED) is 0.502. The Labute approximate surface area is 183 Å². The Hall–Kier alpha value is -3.42. The van der Waals surface area contributed by atoms with E-state index in [4.69, 9.17) is 0 Å². The minimum atomic E-state index is -1.16. The van der Waals surface area contributed by atoms with Crippen LogP contribution < -0.4 is 5.56 Å². The lowest BCUT2D eigenvalue weighted by Crippen LogP contribution is -2.28. The largest absolute Gasteiger partial charge is 0.310 e. The van der Waals surface area contributed by atoms with Crippen LogP contribution in [0.2, 0.25) is 0 Å². The van der Waals surface area contributed by atoms with Gasteiger partial charge in [0.1, 0.15) is 22.7 Å². The highest BCUT2D eigenvalue weighted by atomic mass is 19.1. The molecule has 0 atom stereocenters. The number of H-pyrrole nitrogens is 1. The Balaban J connectivity index is 1.53. The molecule has 0 radical (unpaired) electrons. The first-order valence-corrected chi connectivity index (χ1v) is 10.7. The van der Waals surface area contributed by atoms with E-state index in [1.54, 1.807) is 23.9 Å². The van der Waals surface area contributed by atoms with Crippen LogP contribution >= 0.6 is 0 Å². The summed E-state index contributed by atoms with van der Waals surface area (Å²) < 4.78 is 30.0. The molecule has 1 N–H and O–H groups in total. The van der Waals surface area contributed by atoms with Crippen LogP contribution in [-0.2, 0) is 6.42 Å². The van der Waals surface area contributed by atoms with E-state index in [2.05, 4.69) is 20.1 Å². The zero-order chi connectivity index (χ0) is 22.3. The minimum Gasteiger partial charge on any atom is -0.310 e. The van der Waals surface area contributed by atoms with Gasteiger partial charge in [-0.3, -0.25) is 9.78 Å². The molecule has 1 aliphatic rings.